The number of morpholine rings is 1. The van der Waals surface area contributed by atoms with Crippen LogP contribution in [0.25, 0.3) is 0 Å². The molecule has 18 heavy (non-hydrogen) atoms. The van der Waals surface area contributed by atoms with Crippen LogP contribution in [0, 0.1) is 0 Å². The van der Waals surface area contributed by atoms with E-state index in [2.05, 4.69) is 5.10 Å². The van der Waals surface area contributed by atoms with Crippen molar-refractivity contribution in [2.45, 2.75) is 32.0 Å². The van der Waals surface area contributed by atoms with Crippen molar-refractivity contribution in [1.82, 2.24) is 14.7 Å². The molecule has 1 aromatic rings. The van der Waals surface area contributed by atoms with Gasteiger partial charge in [0.15, 0.2) is 0 Å². The van der Waals surface area contributed by atoms with E-state index in [0.29, 0.717) is 13.2 Å². The first kappa shape index (κ1) is 13.0. The summed E-state index contributed by atoms with van der Waals surface area (Å²) in [6.07, 6.45) is 3.15. The Bertz CT molecular complexity index is 393. The van der Waals surface area contributed by atoms with Gasteiger partial charge in [-0.1, -0.05) is 0 Å². The number of aliphatic hydroxyl groups excluding tert-OH is 1. The zero-order chi connectivity index (χ0) is 13.1. The van der Waals surface area contributed by atoms with Crippen LogP contribution in [0.15, 0.2) is 18.5 Å². The van der Waals surface area contributed by atoms with Crippen molar-refractivity contribution in [2.75, 3.05) is 19.8 Å². The molecule has 0 bridgehead atoms. The number of rotatable bonds is 3. The number of aliphatic hydroxyl groups is 1. The molecule has 1 aliphatic heterocycles. The lowest BCUT2D eigenvalue weighted by Gasteiger charge is -2.38. The van der Waals surface area contributed by atoms with E-state index in [1.165, 1.54) is 0 Å². The largest absolute Gasteiger partial charge is 0.394 e. The minimum atomic E-state index is -0.333. The number of carbonyl (C=O) groups excluding carboxylic acids is 1. The van der Waals surface area contributed by atoms with Crippen molar-refractivity contribution in [3.05, 3.63) is 18.5 Å². The highest BCUT2D eigenvalue weighted by atomic mass is 16.5. The summed E-state index contributed by atoms with van der Waals surface area (Å²) < 4.78 is 7.06. The van der Waals surface area contributed by atoms with Gasteiger partial charge in [-0.2, -0.15) is 5.10 Å². The predicted octanol–water partition coefficient (Wildman–Crippen LogP) is 0.0523. The van der Waals surface area contributed by atoms with Crippen LogP contribution in [0.4, 0.5) is 0 Å². The Balaban J connectivity index is 2.07. The normalized spacial score (nSPS) is 26.1. The number of ether oxygens (including phenoxy) is 1. The number of amides is 1. The van der Waals surface area contributed by atoms with E-state index < -0.39 is 0 Å². The third-order valence-corrected chi connectivity index (χ3v) is 3.27. The van der Waals surface area contributed by atoms with E-state index in [0.717, 1.165) is 0 Å². The van der Waals surface area contributed by atoms with E-state index in [-0.39, 0.29) is 30.7 Å². The van der Waals surface area contributed by atoms with E-state index in [1.807, 2.05) is 13.8 Å². The van der Waals surface area contributed by atoms with Crippen LogP contribution in [0.3, 0.4) is 0 Å². The van der Waals surface area contributed by atoms with Crippen LogP contribution in [-0.4, -0.2) is 57.6 Å². The van der Waals surface area contributed by atoms with Gasteiger partial charge in [-0.15, -0.1) is 0 Å². The van der Waals surface area contributed by atoms with Crippen LogP contribution >= 0.6 is 0 Å². The Morgan fingerprint density at radius 1 is 1.67 bits per heavy atom. The summed E-state index contributed by atoms with van der Waals surface area (Å²) in [5, 5.41) is 13.2. The van der Waals surface area contributed by atoms with Crippen LogP contribution in [-0.2, 0) is 9.53 Å². The Morgan fingerprint density at radius 2 is 2.44 bits per heavy atom. The van der Waals surface area contributed by atoms with Crippen molar-refractivity contribution in [3.63, 3.8) is 0 Å². The number of hydrogen-bond acceptors (Lipinski definition) is 4. The molecular formula is C12H19N3O3. The van der Waals surface area contributed by atoms with Crippen molar-refractivity contribution >= 4 is 5.91 Å². The molecule has 1 saturated heterocycles. The Hall–Kier alpha value is -1.40. The standard InChI is InChI=1S/C12H19N3O3/c1-9-8-18-11(7-16)6-14(9)12(17)10(2)15-5-3-4-13-15/h3-5,9-11,16H,6-8H2,1-2H3. The second kappa shape index (κ2) is 5.49. The van der Waals surface area contributed by atoms with Gasteiger partial charge in [0.05, 0.1) is 25.4 Å². The molecule has 1 fully saturated rings. The van der Waals surface area contributed by atoms with Crippen molar-refractivity contribution in [2.24, 2.45) is 0 Å². The average molecular weight is 253 g/mol. The molecular weight excluding hydrogens is 234 g/mol. The SMILES string of the molecule is CC1COC(CO)CN1C(=O)C(C)n1cccn1. The molecule has 3 atom stereocenters. The zero-order valence-electron chi connectivity index (χ0n) is 10.7. The third-order valence-electron chi connectivity index (χ3n) is 3.27. The van der Waals surface area contributed by atoms with Crippen molar-refractivity contribution in [1.29, 1.82) is 0 Å². The molecule has 0 radical (unpaired) electrons. The molecule has 0 spiro atoms. The lowest BCUT2D eigenvalue weighted by molar-refractivity contribution is -0.149. The molecule has 1 aromatic heterocycles. The molecule has 6 heteroatoms. The molecule has 0 aromatic carbocycles. The minimum Gasteiger partial charge on any atom is -0.394 e. The molecule has 1 amide bonds. The number of aromatic nitrogens is 2. The number of carbonyl (C=O) groups is 1. The summed E-state index contributed by atoms with van der Waals surface area (Å²) in [7, 11) is 0. The van der Waals surface area contributed by atoms with Gasteiger partial charge in [0.25, 0.3) is 0 Å². The maximum atomic E-state index is 12.4. The quantitative estimate of drug-likeness (QED) is 0.826. The fourth-order valence-corrected chi connectivity index (χ4v) is 2.10. The second-order valence-electron chi connectivity index (χ2n) is 4.64. The van der Waals surface area contributed by atoms with Gasteiger partial charge in [0.2, 0.25) is 5.91 Å². The highest BCUT2D eigenvalue weighted by molar-refractivity contribution is 5.80. The van der Waals surface area contributed by atoms with E-state index in [1.54, 1.807) is 28.0 Å². The van der Waals surface area contributed by atoms with Gasteiger partial charge in [0, 0.05) is 18.9 Å². The molecule has 2 heterocycles. The van der Waals surface area contributed by atoms with Crippen LogP contribution in [0.2, 0.25) is 0 Å². The summed E-state index contributed by atoms with van der Waals surface area (Å²) in [5.74, 6) is 0.00736. The highest BCUT2D eigenvalue weighted by Gasteiger charge is 2.32. The van der Waals surface area contributed by atoms with E-state index >= 15 is 0 Å². The lowest BCUT2D eigenvalue weighted by atomic mass is 10.1. The van der Waals surface area contributed by atoms with Crippen LogP contribution < -0.4 is 0 Å². The first-order valence-electron chi connectivity index (χ1n) is 6.15. The summed E-state index contributed by atoms with van der Waals surface area (Å²) in [4.78, 5) is 14.2. The zero-order valence-corrected chi connectivity index (χ0v) is 10.7. The van der Waals surface area contributed by atoms with E-state index in [9.17, 15) is 4.79 Å². The maximum Gasteiger partial charge on any atom is 0.247 e. The fraction of sp³-hybridized carbons (Fsp3) is 0.667. The Morgan fingerprint density at radius 3 is 3.06 bits per heavy atom. The average Bonchev–Trinajstić information content (AvgIpc) is 2.91. The predicted molar refractivity (Wildman–Crippen MR) is 64.9 cm³/mol. The molecule has 100 valence electrons. The molecule has 0 aliphatic carbocycles. The summed E-state index contributed by atoms with van der Waals surface area (Å²) >= 11 is 0. The van der Waals surface area contributed by atoms with Crippen molar-refractivity contribution in [3.8, 4) is 0 Å². The monoisotopic (exact) mass is 253 g/mol. The van der Waals surface area contributed by atoms with Crippen molar-refractivity contribution < 1.29 is 14.6 Å². The first-order valence-corrected chi connectivity index (χ1v) is 6.15. The summed E-state index contributed by atoms with van der Waals surface area (Å²) in [6.45, 7) is 4.60. The Kier molecular flexibility index (Phi) is 3.98. The third kappa shape index (κ3) is 2.54. The molecule has 1 N–H and O–H groups in total. The van der Waals surface area contributed by atoms with Gasteiger partial charge in [0.1, 0.15) is 6.04 Å². The lowest BCUT2D eigenvalue weighted by Crippen LogP contribution is -2.53. The van der Waals surface area contributed by atoms with Gasteiger partial charge in [-0.05, 0) is 19.9 Å². The van der Waals surface area contributed by atoms with Crippen LogP contribution in [0.5, 0.6) is 0 Å². The van der Waals surface area contributed by atoms with Crippen LogP contribution in [0.1, 0.15) is 19.9 Å². The highest BCUT2D eigenvalue weighted by Crippen LogP contribution is 2.17. The van der Waals surface area contributed by atoms with Gasteiger partial charge < -0.3 is 14.7 Å². The molecule has 2 rings (SSSR count). The Labute approximate surface area is 106 Å². The first-order chi connectivity index (χ1) is 8.63. The minimum absolute atomic E-state index is 0.00736. The van der Waals surface area contributed by atoms with Gasteiger partial charge >= 0.3 is 0 Å². The van der Waals surface area contributed by atoms with E-state index in [4.69, 9.17) is 9.84 Å². The second-order valence-corrected chi connectivity index (χ2v) is 4.64. The molecule has 6 nitrogen and oxygen atoms in total. The van der Waals surface area contributed by atoms with Gasteiger partial charge in [-0.3, -0.25) is 9.48 Å². The summed E-state index contributed by atoms with van der Waals surface area (Å²) in [6, 6.07) is 1.49. The maximum absolute atomic E-state index is 12.4. The van der Waals surface area contributed by atoms with Gasteiger partial charge in [-0.25, -0.2) is 0 Å². The molecule has 1 aliphatic rings. The number of nitrogens with zero attached hydrogens (tertiary/aromatic N) is 3. The fourth-order valence-electron chi connectivity index (χ4n) is 2.10. The molecule has 0 saturated carbocycles. The summed E-state index contributed by atoms with van der Waals surface area (Å²) in [5.41, 5.74) is 0. The topological polar surface area (TPSA) is 67.6 Å². The number of hydrogen-bond donors (Lipinski definition) is 1. The molecule has 3 unspecified atom stereocenters. The smallest absolute Gasteiger partial charge is 0.247 e.